The summed E-state index contributed by atoms with van der Waals surface area (Å²) in [7, 11) is 0. The minimum absolute atomic E-state index is 0.00342. The Hall–Kier alpha value is -3.86. The van der Waals surface area contributed by atoms with Gasteiger partial charge in [0.05, 0.1) is 6.61 Å². The number of carbonyl (C=O) groups is 2. The topological polar surface area (TPSA) is 58.6 Å². The summed E-state index contributed by atoms with van der Waals surface area (Å²) in [5.41, 5.74) is 5.69. The van der Waals surface area contributed by atoms with Gasteiger partial charge in [0, 0.05) is 38.0 Å². The molecular weight excluding hydrogens is 436 g/mol. The van der Waals surface area contributed by atoms with Gasteiger partial charge in [0.25, 0.3) is 0 Å². The summed E-state index contributed by atoms with van der Waals surface area (Å²) in [6.45, 7) is 2.49. The third kappa shape index (κ3) is 5.62. The normalized spacial score (nSPS) is 15.6. The van der Waals surface area contributed by atoms with E-state index in [9.17, 15) is 9.59 Å². The highest BCUT2D eigenvalue weighted by Crippen LogP contribution is 2.30. The van der Waals surface area contributed by atoms with Crippen molar-refractivity contribution in [2.45, 2.75) is 25.8 Å². The SMILES string of the molecule is O=C(NCc1ccc(-c2ccc3c(c2)CCO3)cc1)C1CCN(C(=O)/C=C/c2ccccc2)CC1. The van der Waals surface area contributed by atoms with Gasteiger partial charge in [-0.1, -0.05) is 60.7 Å². The van der Waals surface area contributed by atoms with Crippen molar-refractivity contribution in [1.82, 2.24) is 10.2 Å². The average Bonchev–Trinajstić information content (AvgIpc) is 3.39. The van der Waals surface area contributed by atoms with Gasteiger partial charge in [-0.2, -0.15) is 0 Å². The molecule has 1 N–H and O–H groups in total. The molecular formula is C30H30N2O3. The fraction of sp³-hybridized carbons (Fsp3) is 0.267. The number of piperidine rings is 1. The molecule has 35 heavy (non-hydrogen) atoms. The van der Waals surface area contributed by atoms with Gasteiger partial charge in [-0.3, -0.25) is 9.59 Å². The zero-order valence-corrected chi connectivity index (χ0v) is 19.8. The van der Waals surface area contributed by atoms with Crippen molar-refractivity contribution >= 4 is 17.9 Å². The van der Waals surface area contributed by atoms with E-state index in [1.54, 1.807) is 6.08 Å². The molecule has 3 aromatic rings. The van der Waals surface area contributed by atoms with Crippen LogP contribution in [0.3, 0.4) is 0 Å². The van der Waals surface area contributed by atoms with Crippen molar-refractivity contribution in [3.63, 3.8) is 0 Å². The minimum Gasteiger partial charge on any atom is -0.493 e. The van der Waals surface area contributed by atoms with Crippen molar-refractivity contribution in [3.05, 3.63) is 95.6 Å². The first-order valence-electron chi connectivity index (χ1n) is 12.3. The summed E-state index contributed by atoms with van der Waals surface area (Å²) in [6, 6.07) is 24.5. The largest absolute Gasteiger partial charge is 0.493 e. The van der Waals surface area contributed by atoms with Crippen LogP contribution in [-0.4, -0.2) is 36.4 Å². The molecule has 0 saturated carbocycles. The zero-order valence-electron chi connectivity index (χ0n) is 19.8. The van der Waals surface area contributed by atoms with Gasteiger partial charge in [-0.05, 0) is 58.9 Å². The number of carbonyl (C=O) groups excluding carboxylic acids is 2. The highest BCUT2D eigenvalue weighted by Gasteiger charge is 2.26. The lowest BCUT2D eigenvalue weighted by atomic mass is 9.95. The van der Waals surface area contributed by atoms with Crippen LogP contribution in [0.4, 0.5) is 0 Å². The Morgan fingerprint density at radius 1 is 0.943 bits per heavy atom. The number of amides is 2. The lowest BCUT2D eigenvalue weighted by molar-refractivity contribution is -0.132. The maximum absolute atomic E-state index is 12.7. The number of likely N-dealkylation sites (tertiary alicyclic amines) is 1. The van der Waals surface area contributed by atoms with E-state index < -0.39 is 0 Å². The second kappa shape index (κ2) is 10.6. The second-order valence-electron chi connectivity index (χ2n) is 9.18. The minimum atomic E-state index is -0.0509. The summed E-state index contributed by atoms with van der Waals surface area (Å²) in [5, 5.41) is 3.08. The lowest BCUT2D eigenvalue weighted by Gasteiger charge is -2.30. The number of nitrogens with zero attached hydrogens (tertiary/aromatic N) is 1. The van der Waals surface area contributed by atoms with Gasteiger partial charge in [-0.25, -0.2) is 0 Å². The first kappa shape index (κ1) is 22.9. The quantitative estimate of drug-likeness (QED) is 0.528. The van der Waals surface area contributed by atoms with Gasteiger partial charge in [0.15, 0.2) is 0 Å². The average molecular weight is 467 g/mol. The molecule has 5 nitrogen and oxygen atoms in total. The van der Waals surface area contributed by atoms with Gasteiger partial charge in [0.2, 0.25) is 11.8 Å². The predicted molar refractivity (Wildman–Crippen MR) is 138 cm³/mol. The zero-order chi connectivity index (χ0) is 24.0. The molecule has 2 aliphatic rings. The maximum Gasteiger partial charge on any atom is 0.246 e. The third-order valence-corrected chi connectivity index (χ3v) is 6.84. The summed E-state index contributed by atoms with van der Waals surface area (Å²) in [5.74, 6) is 1.01. The number of rotatable bonds is 6. The van der Waals surface area contributed by atoms with E-state index in [-0.39, 0.29) is 17.7 Å². The summed E-state index contributed by atoms with van der Waals surface area (Å²) < 4.78 is 5.60. The van der Waals surface area contributed by atoms with Crippen molar-refractivity contribution in [3.8, 4) is 16.9 Å². The summed E-state index contributed by atoms with van der Waals surface area (Å²) in [4.78, 5) is 27.0. The molecule has 0 spiro atoms. The van der Waals surface area contributed by atoms with Crippen LogP contribution >= 0.6 is 0 Å². The van der Waals surface area contributed by atoms with Crippen LogP contribution in [0.25, 0.3) is 17.2 Å². The van der Waals surface area contributed by atoms with Crippen LogP contribution < -0.4 is 10.1 Å². The number of benzene rings is 3. The number of ether oxygens (including phenoxy) is 1. The van der Waals surface area contributed by atoms with Crippen molar-refractivity contribution in [2.75, 3.05) is 19.7 Å². The molecule has 0 aliphatic carbocycles. The van der Waals surface area contributed by atoms with Crippen LogP contribution in [0.2, 0.25) is 0 Å². The van der Waals surface area contributed by atoms with Crippen LogP contribution in [0.5, 0.6) is 5.75 Å². The molecule has 2 heterocycles. The Morgan fingerprint density at radius 2 is 1.69 bits per heavy atom. The first-order chi connectivity index (χ1) is 17.2. The number of hydrogen-bond acceptors (Lipinski definition) is 3. The second-order valence-corrected chi connectivity index (χ2v) is 9.18. The molecule has 178 valence electrons. The lowest BCUT2D eigenvalue weighted by Crippen LogP contribution is -2.42. The molecule has 0 bridgehead atoms. The van der Waals surface area contributed by atoms with Gasteiger partial charge in [-0.15, -0.1) is 0 Å². The Bertz CT molecular complexity index is 1210. The highest BCUT2D eigenvalue weighted by atomic mass is 16.5. The Balaban J connectivity index is 1.08. The van der Waals surface area contributed by atoms with E-state index in [2.05, 4.69) is 41.7 Å². The number of hydrogen-bond donors (Lipinski definition) is 1. The molecule has 3 aromatic carbocycles. The molecule has 0 radical (unpaired) electrons. The fourth-order valence-corrected chi connectivity index (χ4v) is 4.71. The molecule has 1 saturated heterocycles. The predicted octanol–water partition coefficient (Wildman–Crippen LogP) is 4.86. The highest BCUT2D eigenvalue weighted by molar-refractivity contribution is 5.92. The molecule has 0 atom stereocenters. The fourth-order valence-electron chi connectivity index (χ4n) is 4.71. The number of fused-ring (bicyclic) bond motifs is 1. The molecule has 2 aliphatic heterocycles. The van der Waals surface area contributed by atoms with Crippen molar-refractivity contribution < 1.29 is 14.3 Å². The first-order valence-corrected chi connectivity index (χ1v) is 12.3. The van der Waals surface area contributed by atoms with E-state index in [4.69, 9.17) is 4.74 Å². The van der Waals surface area contributed by atoms with E-state index in [0.717, 1.165) is 35.5 Å². The van der Waals surface area contributed by atoms with Gasteiger partial charge in [0.1, 0.15) is 5.75 Å². The third-order valence-electron chi connectivity index (χ3n) is 6.84. The standard InChI is InChI=1S/C30H30N2O3/c33-29(13-8-22-4-2-1-3-5-22)32-17-14-25(15-18-32)30(34)31-21-23-6-9-24(10-7-23)26-11-12-28-27(20-26)16-19-35-28/h1-13,20,25H,14-19,21H2,(H,31,34)/b13-8+. The van der Waals surface area contributed by atoms with E-state index in [1.807, 2.05) is 47.4 Å². The molecule has 2 amide bonds. The Morgan fingerprint density at radius 3 is 2.46 bits per heavy atom. The Labute approximate surface area is 206 Å². The van der Waals surface area contributed by atoms with Crippen molar-refractivity contribution in [1.29, 1.82) is 0 Å². The molecule has 1 fully saturated rings. The van der Waals surface area contributed by atoms with Gasteiger partial charge < -0.3 is 15.0 Å². The molecule has 0 unspecified atom stereocenters. The van der Waals surface area contributed by atoms with E-state index in [1.165, 1.54) is 11.1 Å². The smallest absolute Gasteiger partial charge is 0.246 e. The number of nitrogens with one attached hydrogen (secondary N) is 1. The molecule has 5 rings (SSSR count). The van der Waals surface area contributed by atoms with E-state index in [0.29, 0.717) is 32.5 Å². The monoisotopic (exact) mass is 466 g/mol. The molecule has 0 aromatic heterocycles. The maximum atomic E-state index is 12.7. The van der Waals surface area contributed by atoms with Crippen LogP contribution in [-0.2, 0) is 22.6 Å². The van der Waals surface area contributed by atoms with E-state index >= 15 is 0 Å². The molecule has 5 heteroatoms. The van der Waals surface area contributed by atoms with Crippen LogP contribution in [0, 0.1) is 5.92 Å². The van der Waals surface area contributed by atoms with Crippen LogP contribution in [0.1, 0.15) is 29.5 Å². The van der Waals surface area contributed by atoms with Gasteiger partial charge >= 0.3 is 0 Å². The Kier molecular flexibility index (Phi) is 6.94. The van der Waals surface area contributed by atoms with Crippen molar-refractivity contribution in [2.24, 2.45) is 5.92 Å². The van der Waals surface area contributed by atoms with Crippen LogP contribution in [0.15, 0.2) is 78.9 Å². The summed E-state index contributed by atoms with van der Waals surface area (Å²) >= 11 is 0. The summed E-state index contributed by atoms with van der Waals surface area (Å²) in [6.07, 6.45) is 5.81.